The lowest BCUT2D eigenvalue weighted by Crippen LogP contribution is -2.39. The van der Waals surface area contributed by atoms with Gasteiger partial charge in [0.15, 0.2) is 5.96 Å². The van der Waals surface area contributed by atoms with Crippen LogP contribution in [0.5, 0.6) is 5.75 Å². The molecule has 0 heterocycles. The fourth-order valence-electron chi connectivity index (χ4n) is 2.56. The summed E-state index contributed by atoms with van der Waals surface area (Å²) in [6, 6.07) is 14.4. The van der Waals surface area contributed by atoms with Crippen molar-refractivity contribution in [2.75, 3.05) is 32.2 Å². The maximum absolute atomic E-state index is 10.8. The Balaban J connectivity index is 0.00000420. The summed E-state index contributed by atoms with van der Waals surface area (Å²) in [5.74, 6) is 2.58. The lowest BCUT2D eigenvalue weighted by molar-refractivity contribution is -0.384. The number of halogens is 1. The van der Waals surface area contributed by atoms with E-state index in [1.165, 1.54) is 12.1 Å². The number of nitro benzene ring substituents is 1. The van der Waals surface area contributed by atoms with Gasteiger partial charge in [-0.15, -0.1) is 24.0 Å². The van der Waals surface area contributed by atoms with Crippen LogP contribution in [-0.4, -0.2) is 43.1 Å². The Morgan fingerprint density at radius 1 is 1.14 bits per heavy atom. The number of nitrogens with zero attached hydrogens (tertiary/aromatic N) is 2. The van der Waals surface area contributed by atoms with E-state index in [1.54, 1.807) is 31.0 Å². The molecule has 158 valence electrons. The van der Waals surface area contributed by atoms with Gasteiger partial charge in [0.2, 0.25) is 0 Å². The molecule has 0 saturated heterocycles. The van der Waals surface area contributed by atoms with Gasteiger partial charge in [-0.3, -0.25) is 10.1 Å². The van der Waals surface area contributed by atoms with Gasteiger partial charge in [0.25, 0.3) is 5.69 Å². The minimum Gasteiger partial charge on any atom is -0.496 e. The zero-order chi connectivity index (χ0) is 20.2. The topological polar surface area (TPSA) is 88.8 Å². The number of rotatable bonds is 10. The number of hydrogen-bond donors (Lipinski definition) is 2. The first-order valence-corrected chi connectivity index (χ1v) is 10.4. The van der Waals surface area contributed by atoms with Crippen molar-refractivity contribution in [3.05, 3.63) is 69.8 Å². The van der Waals surface area contributed by atoms with Crippen LogP contribution >= 0.6 is 35.7 Å². The molecule has 2 rings (SSSR count). The maximum Gasteiger partial charge on any atom is 0.269 e. The first-order chi connectivity index (χ1) is 13.6. The van der Waals surface area contributed by atoms with Crippen LogP contribution in [0.3, 0.4) is 0 Å². The summed E-state index contributed by atoms with van der Waals surface area (Å²) in [5.41, 5.74) is 2.14. The summed E-state index contributed by atoms with van der Waals surface area (Å²) in [6.45, 7) is 1.97. The fourth-order valence-corrected chi connectivity index (χ4v) is 2.87. The normalized spacial score (nSPS) is 10.8. The second-order valence-corrected chi connectivity index (χ2v) is 6.98. The van der Waals surface area contributed by atoms with Crippen molar-refractivity contribution in [1.82, 2.24) is 10.6 Å². The Hall–Kier alpha value is -2.01. The third-order valence-electron chi connectivity index (χ3n) is 4.04. The number of ether oxygens (including phenoxy) is 1. The lowest BCUT2D eigenvalue weighted by Gasteiger charge is -2.13. The molecule has 2 aromatic rings. The van der Waals surface area contributed by atoms with Crippen LogP contribution in [-0.2, 0) is 13.0 Å². The SMILES string of the molecule is COc1ccccc1CCNC(=NCc1ccc([N+](=O)[O-])cc1)NCCSC.I. The summed E-state index contributed by atoms with van der Waals surface area (Å²) >= 11 is 1.76. The smallest absolute Gasteiger partial charge is 0.269 e. The molecule has 0 atom stereocenters. The first-order valence-electron chi connectivity index (χ1n) is 9.00. The number of aliphatic imine (C=N–C) groups is 1. The van der Waals surface area contributed by atoms with Gasteiger partial charge in [-0.2, -0.15) is 11.8 Å². The molecule has 0 aromatic heterocycles. The minimum absolute atomic E-state index is 0. The third kappa shape index (κ3) is 8.90. The van der Waals surface area contributed by atoms with Crippen LogP contribution in [0.1, 0.15) is 11.1 Å². The molecule has 0 aliphatic rings. The lowest BCUT2D eigenvalue weighted by atomic mass is 10.1. The number of para-hydroxylation sites is 1. The monoisotopic (exact) mass is 530 g/mol. The molecule has 0 saturated carbocycles. The molecule has 2 N–H and O–H groups in total. The molecule has 0 amide bonds. The fraction of sp³-hybridized carbons (Fsp3) is 0.350. The van der Waals surface area contributed by atoms with Gasteiger partial charge < -0.3 is 15.4 Å². The summed E-state index contributed by atoms with van der Waals surface area (Å²) < 4.78 is 5.39. The Kier molecular flexibility index (Phi) is 12.1. The van der Waals surface area contributed by atoms with Gasteiger partial charge in [-0.25, -0.2) is 4.99 Å². The van der Waals surface area contributed by atoms with Crippen molar-refractivity contribution in [2.45, 2.75) is 13.0 Å². The van der Waals surface area contributed by atoms with Crippen molar-refractivity contribution in [2.24, 2.45) is 4.99 Å². The average Bonchev–Trinajstić information content (AvgIpc) is 2.72. The number of hydrogen-bond acceptors (Lipinski definition) is 5. The Morgan fingerprint density at radius 2 is 1.83 bits per heavy atom. The largest absolute Gasteiger partial charge is 0.496 e. The van der Waals surface area contributed by atoms with E-state index in [2.05, 4.69) is 27.9 Å². The van der Waals surface area contributed by atoms with Gasteiger partial charge >= 0.3 is 0 Å². The molecular weight excluding hydrogens is 503 g/mol. The van der Waals surface area contributed by atoms with E-state index in [9.17, 15) is 10.1 Å². The second kappa shape index (κ2) is 14.0. The van der Waals surface area contributed by atoms with E-state index in [4.69, 9.17) is 4.74 Å². The molecule has 2 aromatic carbocycles. The van der Waals surface area contributed by atoms with Crippen LogP contribution in [0.4, 0.5) is 5.69 Å². The van der Waals surface area contributed by atoms with Crippen LogP contribution in [0.25, 0.3) is 0 Å². The van der Waals surface area contributed by atoms with Crippen molar-refractivity contribution >= 4 is 47.4 Å². The highest BCUT2D eigenvalue weighted by molar-refractivity contribution is 14.0. The van der Waals surface area contributed by atoms with Gasteiger partial charge in [-0.1, -0.05) is 30.3 Å². The highest BCUT2D eigenvalue weighted by atomic mass is 127. The van der Waals surface area contributed by atoms with Gasteiger partial charge in [-0.05, 0) is 29.9 Å². The van der Waals surface area contributed by atoms with Crippen LogP contribution in [0, 0.1) is 10.1 Å². The molecule has 0 unspecified atom stereocenters. The Bertz CT molecular complexity index is 788. The Morgan fingerprint density at radius 3 is 2.48 bits per heavy atom. The van der Waals surface area contributed by atoms with E-state index in [0.29, 0.717) is 13.1 Å². The van der Waals surface area contributed by atoms with Crippen molar-refractivity contribution < 1.29 is 9.66 Å². The van der Waals surface area contributed by atoms with E-state index in [0.717, 1.165) is 41.6 Å². The minimum atomic E-state index is -0.401. The van der Waals surface area contributed by atoms with E-state index >= 15 is 0 Å². The summed E-state index contributed by atoms with van der Waals surface area (Å²) in [5, 5.41) is 17.4. The molecule has 9 heteroatoms. The molecule has 0 aliphatic heterocycles. The standard InChI is InChI=1S/C20H26N4O3S.HI/c1-27-19-6-4-3-5-17(19)11-12-21-20(22-13-14-28-2)23-15-16-7-9-18(10-8-16)24(25)26;/h3-10H,11-15H2,1-2H3,(H2,21,22,23);1H. The Labute approximate surface area is 192 Å². The predicted octanol–water partition coefficient (Wildman–Crippen LogP) is 3.86. The van der Waals surface area contributed by atoms with E-state index in [-0.39, 0.29) is 29.7 Å². The van der Waals surface area contributed by atoms with Crippen molar-refractivity contribution in [1.29, 1.82) is 0 Å². The summed E-state index contributed by atoms with van der Waals surface area (Å²) in [4.78, 5) is 15.0. The molecule has 0 fully saturated rings. The average molecular weight is 530 g/mol. The molecular formula is C20H27IN4O3S. The first kappa shape index (κ1) is 25.0. The van der Waals surface area contributed by atoms with E-state index in [1.807, 2.05) is 18.2 Å². The van der Waals surface area contributed by atoms with Crippen molar-refractivity contribution in [3.8, 4) is 5.75 Å². The molecule has 0 radical (unpaired) electrons. The zero-order valence-electron chi connectivity index (χ0n) is 16.6. The second-order valence-electron chi connectivity index (χ2n) is 6.00. The van der Waals surface area contributed by atoms with Gasteiger partial charge in [0, 0.05) is 31.0 Å². The summed E-state index contributed by atoms with van der Waals surface area (Å²) in [7, 11) is 1.67. The zero-order valence-corrected chi connectivity index (χ0v) is 19.7. The summed E-state index contributed by atoms with van der Waals surface area (Å²) in [6.07, 6.45) is 2.87. The van der Waals surface area contributed by atoms with Gasteiger partial charge in [0.05, 0.1) is 18.6 Å². The molecule has 0 bridgehead atoms. The maximum atomic E-state index is 10.8. The third-order valence-corrected chi connectivity index (χ3v) is 4.66. The number of guanidine groups is 1. The number of methoxy groups -OCH3 is 1. The molecule has 29 heavy (non-hydrogen) atoms. The number of nitrogens with one attached hydrogen (secondary N) is 2. The molecule has 7 nitrogen and oxygen atoms in total. The predicted molar refractivity (Wildman–Crippen MR) is 131 cm³/mol. The molecule has 0 spiro atoms. The van der Waals surface area contributed by atoms with Crippen molar-refractivity contribution in [3.63, 3.8) is 0 Å². The van der Waals surface area contributed by atoms with Crippen LogP contribution in [0.15, 0.2) is 53.5 Å². The highest BCUT2D eigenvalue weighted by Gasteiger charge is 2.05. The number of nitro groups is 1. The number of thioether (sulfide) groups is 1. The molecule has 0 aliphatic carbocycles. The van der Waals surface area contributed by atoms with Crippen LogP contribution in [0.2, 0.25) is 0 Å². The van der Waals surface area contributed by atoms with Crippen LogP contribution < -0.4 is 15.4 Å². The number of non-ortho nitro benzene ring substituents is 1. The highest BCUT2D eigenvalue weighted by Crippen LogP contribution is 2.17. The quantitative estimate of drug-likeness (QED) is 0.121. The van der Waals surface area contributed by atoms with E-state index < -0.39 is 4.92 Å². The van der Waals surface area contributed by atoms with Gasteiger partial charge in [0.1, 0.15) is 5.75 Å². The number of benzene rings is 2.